The van der Waals surface area contributed by atoms with Gasteiger partial charge in [-0.1, -0.05) is 23.7 Å². The van der Waals surface area contributed by atoms with Crippen molar-refractivity contribution in [3.05, 3.63) is 59.1 Å². The summed E-state index contributed by atoms with van der Waals surface area (Å²) in [6.07, 6.45) is 3.87. The van der Waals surface area contributed by atoms with Crippen molar-refractivity contribution in [2.24, 2.45) is 0 Å². The van der Waals surface area contributed by atoms with Gasteiger partial charge in [-0.05, 0) is 61.2 Å². The molecule has 5 heteroatoms. The van der Waals surface area contributed by atoms with E-state index in [1.807, 2.05) is 0 Å². The zero-order chi connectivity index (χ0) is 17.5. The van der Waals surface area contributed by atoms with Crippen LogP contribution in [0.4, 0.5) is 5.69 Å². The fraction of sp³-hybridized carbons (Fsp3) is 0.350. The van der Waals surface area contributed by atoms with Crippen LogP contribution in [0.5, 0.6) is 5.75 Å². The number of carbonyl (C=O) groups is 1. The summed E-state index contributed by atoms with van der Waals surface area (Å²) in [4.78, 5) is 14.3. The van der Waals surface area contributed by atoms with Crippen LogP contribution in [0.2, 0.25) is 5.02 Å². The molecule has 0 aromatic heterocycles. The third-order valence-corrected chi connectivity index (χ3v) is 4.58. The number of rotatable bonds is 6. The quantitative estimate of drug-likeness (QED) is 0.847. The molecule has 0 aliphatic carbocycles. The van der Waals surface area contributed by atoms with Crippen molar-refractivity contribution in [3.63, 3.8) is 0 Å². The number of piperidine rings is 1. The lowest BCUT2D eigenvalue weighted by Gasteiger charge is -2.28. The molecule has 0 saturated carbocycles. The predicted octanol–water partition coefficient (Wildman–Crippen LogP) is 4.03. The highest BCUT2D eigenvalue weighted by atomic mass is 35.5. The third kappa shape index (κ3) is 5.40. The molecular formula is C20H23ClN2O2. The van der Waals surface area contributed by atoms with Crippen LogP contribution in [0, 0.1) is 0 Å². The van der Waals surface area contributed by atoms with Crippen LogP contribution in [0.3, 0.4) is 0 Å². The van der Waals surface area contributed by atoms with Crippen molar-refractivity contribution in [1.82, 2.24) is 5.32 Å². The molecule has 2 aromatic rings. The van der Waals surface area contributed by atoms with E-state index in [0.29, 0.717) is 17.3 Å². The Morgan fingerprint density at radius 3 is 2.36 bits per heavy atom. The van der Waals surface area contributed by atoms with E-state index < -0.39 is 0 Å². The minimum atomic E-state index is -0.143. The van der Waals surface area contributed by atoms with Gasteiger partial charge in [0, 0.05) is 30.3 Å². The zero-order valence-electron chi connectivity index (χ0n) is 14.2. The molecule has 0 unspecified atom stereocenters. The molecule has 2 aromatic carbocycles. The van der Waals surface area contributed by atoms with Crippen molar-refractivity contribution in [2.45, 2.75) is 25.8 Å². The predicted molar refractivity (Wildman–Crippen MR) is 101 cm³/mol. The molecule has 3 rings (SSSR count). The van der Waals surface area contributed by atoms with E-state index in [4.69, 9.17) is 16.3 Å². The van der Waals surface area contributed by atoms with Gasteiger partial charge >= 0.3 is 0 Å². The third-order valence-electron chi connectivity index (χ3n) is 4.33. The van der Waals surface area contributed by atoms with Crippen molar-refractivity contribution in [3.8, 4) is 5.75 Å². The molecular weight excluding hydrogens is 336 g/mol. The molecule has 132 valence electrons. The second kappa shape index (κ2) is 8.77. The summed E-state index contributed by atoms with van der Waals surface area (Å²) in [5, 5.41) is 3.52. The summed E-state index contributed by atoms with van der Waals surface area (Å²) >= 11 is 5.81. The molecule has 0 radical (unpaired) electrons. The van der Waals surface area contributed by atoms with Crippen molar-refractivity contribution in [2.75, 3.05) is 24.6 Å². The number of benzene rings is 2. The Hall–Kier alpha value is -2.20. The van der Waals surface area contributed by atoms with E-state index in [1.165, 1.54) is 24.9 Å². The molecule has 1 amide bonds. The zero-order valence-corrected chi connectivity index (χ0v) is 15.0. The minimum absolute atomic E-state index is 0.00645. The molecule has 1 heterocycles. The number of nitrogens with zero attached hydrogens (tertiary/aromatic N) is 1. The molecule has 25 heavy (non-hydrogen) atoms. The number of amides is 1. The van der Waals surface area contributed by atoms with Gasteiger partial charge in [0.05, 0.1) is 0 Å². The second-order valence-electron chi connectivity index (χ2n) is 6.23. The van der Waals surface area contributed by atoms with E-state index in [1.54, 1.807) is 24.3 Å². The molecule has 1 aliphatic heterocycles. The Bertz CT molecular complexity index is 680. The minimum Gasteiger partial charge on any atom is -0.484 e. The number of hydrogen-bond donors (Lipinski definition) is 1. The number of halogens is 1. The molecule has 0 bridgehead atoms. The summed E-state index contributed by atoms with van der Waals surface area (Å²) in [5.74, 6) is 0.487. The summed E-state index contributed by atoms with van der Waals surface area (Å²) in [7, 11) is 0. The topological polar surface area (TPSA) is 41.6 Å². The lowest BCUT2D eigenvalue weighted by molar-refractivity contribution is -0.123. The molecule has 1 N–H and O–H groups in total. The van der Waals surface area contributed by atoms with Crippen LogP contribution in [0.25, 0.3) is 0 Å². The molecule has 4 nitrogen and oxygen atoms in total. The van der Waals surface area contributed by atoms with E-state index in [2.05, 4.69) is 34.5 Å². The van der Waals surface area contributed by atoms with Crippen LogP contribution in [-0.2, 0) is 11.3 Å². The van der Waals surface area contributed by atoms with Gasteiger partial charge in [0.1, 0.15) is 5.75 Å². The normalized spacial score (nSPS) is 14.2. The van der Waals surface area contributed by atoms with Gasteiger partial charge in [0.15, 0.2) is 6.61 Å². The van der Waals surface area contributed by atoms with Crippen molar-refractivity contribution in [1.29, 1.82) is 0 Å². The van der Waals surface area contributed by atoms with Gasteiger partial charge in [0.25, 0.3) is 5.91 Å². The molecule has 1 saturated heterocycles. The van der Waals surface area contributed by atoms with Gasteiger partial charge in [-0.25, -0.2) is 0 Å². The number of nitrogens with one attached hydrogen (secondary N) is 1. The number of hydrogen-bond acceptors (Lipinski definition) is 3. The first-order valence-electron chi connectivity index (χ1n) is 8.70. The van der Waals surface area contributed by atoms with Crippen LogP contribution in [0.1, 0.15) is 24.8 Å². The number of ether oxygens (including phenoxy) is 1. The van der Waals surface area contributed by atoms with Gasteiger partial charge in [-0.3, -0.25) is 4.79 Å². The fourth-order valence-corrected chi connectivity index (χ4v) is 3.03. The molecule has 1 aliphatic rings. The lowest BCUT2D eigenvalue weighted by atomic mass is 10.1. The van der Waals surface area contributed by atoms with Gasteiger partial charge in [0.2, 0.25) is 0 Å². The number of anilines is 1. The maximum absolute atomic E-state index is 11.9. The molecule has 0 atom stereocenters. The Morgan fingerprint density at radius 2 is 1.68 bits per heavy atom. The van der Waals surface area contributed by atoms with Gasteiger partial charge in [-0.2, -0.15) is 0 Å². The fourth-order valence-electron chi connectivity index (χ4n) is 2.91. The first-order valence-corrected chi connectivity index (χ1v) is 9.07. The Morgan fingerprint density at radius 1 is 1.00 bits per heavy atom. The number of carbonyl (C=O) groups excluding carboxylic acids is 1. The van der Waals surface area contributed by atoms with E-state index in [9.17, 15) is 4.79 Å². The van der Waals surface area contributed by atoms with Crippen LogP contribution in [0.15, 0.2) is 48.5 Å². The Kier molecular flexibility index (Phi) is 6.18. The van der Waals surface area contributed by atoms with E-state index in [-0.39, 0.29) is 12.5 Å². The van der Waals surface area contributed by atoms with E-state index in [0.717, 1.165) is 18.7 Å². The lowest BCUT2D eigenvalue weighted by Crippen LogP contribution is -2.29. The first kappa shape index (κ1) is 17.6. The van der Waals surface area contributed by atoms with Gasteiger partial charge in [-0.15, -0.1) is 0 Å². The maximum atomic E-state index is 11.9. The van der Waals surface area contributed by atoms with Crippen LogP contribution < -0.4 is 15.0 Å². The SMILES string of the molecule is O=C(COc1ccc(Cl)cc1)NCc1ccc(N2CCCCC2)cc1. The highest BCUT2D eigenvalue weighted by molar-refractivity contribution is 6.30. The summed E-state index contributed by atoms with van der Waals surface area (Å²) in [5.41, 5.74) is 2.35. The highest BCUT2D eigenvalue weighted by Gasteiger charge is 2.10. The van der Waals surface area contributed by atoms with Crippen molar-refractivity contribution >= 4 is 23.2 Å². The highest BCUT2D eigenvalue weighted by Crippen LogP contribution is 2.20. The molecule has 0 spiro atoms. The monoisotopic (exact) mass is 358 g/mol. The van der Waals surface area contributed by atoms with Crippen LogP contribution >= 0.6 is 11.6 Å². The maximum Gasteiger partial charge on any atom is 0.258 e. The Balaban J connectivity index is 1.43. The van der Waals surface area contributed by atoms with Gasteiger partial charge < -0.3 is 15.0 Å². The largest absolute Gasteiger partial charge is 0.484 e. The average Bonchev–Trinajstić information content (AvgIpc) is 2.67. The first-order chi connectivity index (χ1) is 12.2. The second-order valence-corrected chi connectivity index (χ2v) is 6.67. The average molecular weight is 359 g/mol. The summed E-state index contributed by atoms with van der Waals surface area (Å²) in [6.45, 7) is 2.77. The summed E-state index contributed by atoms with van der Waals surface area (Å²) in [6, 6.07) is 15.4. The van der Waals surface area contributed by atoms with Crippen LogP contribution in [-0.4, -0.2) is 25.6 Å². The summed E-state index contributed by atoms with van der Waals surface area (Å²) < 4.78 is 5.43. The standard InChI is InChI=1S/C20H23ClN2O2/c21-17-6-10-19(11-7-17)25-15-20(24)22-14-16-4-8-18(9-5-16)23-12-2-1-3-13-23/h4-11H,1-3,12-15H2,(H,22,24). The Labute approximate surface area is 153 Å². The molecule has 1 fully saturated rings. The smallest absolute Gasteiger partial charge is 0.258 e. The van der Waals surface area contributed by atoms with Crippen molar-refractivity contribution < 1.29 is 9.53 Å². The van der Waals surface area contributed by atoms with E-state index >= 15 is 0 Å².